The molecule has 0 spiro atoms. The number of amides is 1. The van der Waals surface area contributed by atoms with Crippen molar-refractivity contribution in [2.24, 2.45) is 0 Å². The Morgan fingerprint density at radius 1 is 0.931 bits per heavy atom. The van der Waals surface area contributed by atoms with Gasteiger partial charge >= 0.3 is 5.76 Å². The molecule has 29 heavy (non-hydrogen) atoms. The predicted molar refractivity (Wildman–Crippen MR) is 108 cm³/mol. The van der Waals surface area contributed by atoms with Gasteiger partial charge in [-0.25, -0.2) is 9.36 Å². The second-order valence-corrected chi connectivity index (χ2v) is 6.18. The lowest BCUT2D eigenvalue weighted by Gasteiger charge is -2.12. The minimum absolute atomic E-state index is 0.244. The maximum absolute atomic E-state index is 12.6. The van der Waals surface area contributed by atoms with Gasteiger partial charge < -0.3 is 10.1 Å². The van der Waals surface area contributed by atoms with Crippen LogP contribution in [-0.4, -0.2) is 15.6 Å². The molecule has 7 nitrogen and oxygen atoms in total. The van der Waals surface area contributed by atoms with Crippen molar-refractivity contribution in [2.75, 3.05) is 5.32 Å². The molecule has 0 atom stereocenters. The summed E-state index contributed by atoms with van der Waals surface area (Å²) in [4.78, 5) is 24.7. The summed E-state index contributed by atoms with van der Waals surface area (Å²) in [7, 11) is 0. The Morgan fingerprint density at radius 3 is 2.34 bits per heavy atom. The van der Waals surface area contributed by atoms with Crippen molar-refractivity contribution in [1.29, 1.82) is 0 Å². The number of ether oxygens (including phenoxy) is 1. The fourth-order valence-electron chi connectivity index (χ4n) is 2.81. The molecule has 0 radical (unpaired) electrons. The van der Waals surface area contributed by atoms with Crippen molar-refractivity contribution < 1.29 is 14.1 Å². The molecule has 4 aromatic rings. The van der Waals surface area contributed by atoms with E-state index in [9.17, 15) is 9.59 Å². The van der Waals surface area contributed by atoms with Crippen molar-refractivity contribution >= 4 is 11.6 Å². The van der Waals surface area contributed by atoms with Crippen molar-refractivity contribution in [3.8, 4) is 22.9 Å². The Hall–Kier alpha value is -4.13. The van der Waals surface area contributed by atoms with E-state index < -0.39 is 11.7 Å². The quantitative estimate of drug-likeness (QED) is 0.542. The summed E-state index contributed by atoms with van der Waals surface area (Å²) in [5.74, 6) is 0.327. The molecule has 3 aromatic carbocycles. The van der Waals surface area contributed by atoms with E-state index in [4.69, 9.17) is 9.26 Å². The lowest BCUT2D eigenvalue weighted by Crippen LogP contribution is -2.25. The molecular weight excluding hydrogens is 370 g/mol. The third-order valence-electron chi connectivity index (χ3n) is 4.15. The molecule has 0 saturated carbocycles. The molecular formula is C22H17N3O4. The zero-order valence-corrected chi connectivity index (χ0v) is 15.3. The van der Waals surface area contributed by atoms with Gasteiger partial charge in [-0.15, -0.1) is 0 Å². The molecule has 0 aliphatic carbocycles. The molecule has 0 bridgehead atoms. The minimum atomic E-state index is -0.701. The zero-order chi connectivity index (χ0) is 20.1. The first-order chi connectivity index (χ1) is 14.2. The summed E-state index contributed by atoms with van der Waals surface area (Å²) in [6.45, 7) is -0.244. The van der Waals surface area contributed by atoms with Crippen molar-refractivity contribution in [3.63, 3.8) is 0 Å². The summed E-state index contributed by atoms with van der Waals surface area (Å²) >= 11 is 0. The summed E-state index contributed by atoms with van der Waals surface area (Å²) in [6, 6.07) is 25.4. The monoisotopic (exact) mass is 387 g/mol. The Balaban J connectivity index is 1.53. The van der Waals surface area contributed by atoms with Gasteiger partial charge in [0.05, 0.1) is 5.69 Å². The van der Waals surface area contributed by atoms with E-state index in [0.29, 0.717) is 28.6 Å². The van der Waals surface area contributed by atoms with E-state index in [0.717, 1.165) is 0 Å². The van der Waals surface area contributed by atoms with Gasteiger partial charge in [0, 0.05) is 5.56 Å². The maximum Gasteiger partial charge on any atom is 0.442 e. The standard InChI is InChI=1S/C22H17N3O4/c26-20(15-25-21(24-29-22(25)27)16-9-3-1-4-10-16)23-18-13-7-8-14-19(18)28-17-11-5-2-6-12-17/h1-14H,15H2,(H,23,26). The number of nitrogens with one attached hydrogen (secondary N) is 1. The van der Waals surface area contributed by atoms with Crippen molar-refractivity contribution in [1.82, 2.24) is 9.72 Å². The molecule has 144 valence electrons. The number of aromatic nitrogens is 2. The molecule has 7 heteroatoms. The summed E-state index contributed by atoms with van der Waals surface area (Å²) < 4.78 is 11.8. The Bertz CT molecular complexity index is 1170. The third kappa shape index (κ3) is 4.24. The van der Waals surface area contributed by atoms with E-state index in [-0.39, 0.29) is 6.54 Å². The van der Waals surface area contributed by atoms with Gasteiger partial charge in [-0.1, -0.05) is 65.8 Å². The highest BCUT2D eigenvalue weighted by Gasteiger charge is 2.17. The third-order valence-corrected chi connectivity index (χ3v) is 4.15. The number of anilines is 1. The molecule has 1 aromatic heterocycles. The van der Waals surface area contributed by atoms with Gasteiger partial charge in [-0.3, -0.25) is 9.32 Å². The molecule has 0 unspecified atom stereocenters. The Labute approximate surface area is 166 Å². The topological polar surface area (TPSA) is 86.4 Å². The fraction of sp³-hybridized carbons (Fsp3) is 0.0455. The fourth-order valence-corrected chi connectivity index (χ4v) is 2.81. The van der Waals surface area contributed by atoms with Crippen LogP contribution in [0.5, 0.6) is 11.5 Å². The average Bonchev–Trinajstić information content (AvgIpc) is 3.11. The van der Waals surface area contributed by atoms with E-state index in [1.54, 1.807) is 30.3 Å². The maximum atomic E-state index is 12.6. The van der Waals surface area contributed by atoms with Gasteiger partial charge in [0.15, 0.2) is 11.6 Å². The number of carbonyl (C=O) groups is 1. The first kappa shape index (κ1) is 18.2. The number of rotatable bonds is 6. The van der Waals surface area contributed by atoms with Crippen LogP contribution in [0.25, 0.3) is 11.4 Å². The second-order valence-electron chi connectivity index (χ2n) is 6.18. The van der Waals surface area contributed by atoms with Crippen LogP contribution >= 0.6 is 0 Å². The van der Waals surface area contributed by atoms with E-state index in [2.05, 4.69) is 10.5 Å². The normalized spacial score (nSPS) is 10.5. The lowest BCUT2D eigenvalue weighted by atomic mass is 10.2. The Morgan fingerprint density at radius 2 is 1.59 bits per heavy atom. The lowest BCUT2D eigenvalue weighted by molar-refractivity contribution is -0.116. The molecule has 1 amide bonds. The molecule has 0 fully saturated rings. The summed E-state index contributed by atoms with van der Waals surface area (Å²) in [5, 5.41) is 6.57. The van der Waals surface area contributed by atoms with Crippen molar-refractivity contribution in [3.05, 3.63) is 95.5 Å². The minimum Gasteiger partial charge on any atom is -0.455 e. The molecule has 0 aliphatic rings. The van der Waals surface area contributed by atoms with Gasteiger partial charge in [-0.2, -0.15) is 0 Å². The number of para-hydroxylation sites is 3. The number of benzene rings is 3. The largest absolute Gasteiger partial charge is 0.455 e. The molecule has 0 saturated heterocycles. The van der Waals surface area contributed by atoms with E-state index in [1.165, 1.54) is 4.57 Å². The van der Waals surface area contributed by atoms with Crippen LogP contribution in [0.15, 0.2) is 94.2 Å². The van der Waals surface area contributed by atoms with Gasteiger partial charge in [-0.05, 0) is 24.3 Å². The number of nitrogens with zero attached hydrogens (tertiary/aromatic N) is 2. The van der Waals surface area contributed by atoms with Crippen molar-refractivity contribution in [2.45, 2.75) is 6.54 Å². The smallest absolute Gasteiger partial charge is 0.442 e. The molecule has 0 aliphatic heterocycles. The highest BCUT2D eigenvalue weighted by molar-refractivity contribution is 5.92. The second kappa shape index (κ2) is 8.26. The molecule has 1 N–H and O–H groups in total. The highest BCUT2D eigenvalue weighted by Crippen LogP contribution is 2.29. The number of carbonyl (C=O) groups excluding carboxylic acids is 1. The van der Waals surface area contributed by atoms with Gasteiger partial charge in [0.2, 0.25) is 5.91 Å². The van der Waals surface area contributed by atoms with Gasteiger partial charge in [0.1, 0.15) is 12.3 Å². The average molecular weight is 387 g/mol. The predicted octanol–water partition coefficient (Wildman–Crippen LogP) is 3.93. The molecule has 4 rings (SSSR count). The van der Waals surface area contributed by atoms with Gasteiger partial charge in [0.25, 0.3) is 0 Å². The van der Waals surface area contributed by atoms with Crippen LogP contribution in [0.4, 0.5) is 5.69 Å². The molecule has 1 heterocycles. The van der Waals surface area contributed by atoms with Crippen LogP contribution in [0, 0.1) is 0 Å². The zero-order valence-electron chi connectivity index (χ0n) is 15.3. The highest BCUT2D eigenvalue weighted by atomic mass is 16.5. The van der Waals surface area contributed by atoms with Crippen LogP contribution < -0.4 is 15.8 Å². The SMILES string of the molecule is O=C(Cn1c(-c2ccccc2)noc1=O)Nc1ccccc1Oc1ccccc1. The van der Waals surface area contributed by atoms with Crippen LogP contribution in [0.2, 0.25) is 0 Å². The van der Waals surface area contributed by atoms with E-state index >= 15 is 0 Å². The number of hydrogen-bond donors (Lipinski definition) is 1. The Kier molecular flexibility index (Phi) is 5.20. The van der Waals surface area contributed by atoms with Crippen LogP contribution in [-0.2, 0) is 11.3 Å². The van der Waals surface area contributed by atoms with Crippen LogP contribution in [0.1, 0.15) is 0 Å². The van der Waals surface area contributed by atoms with E-state index in [1.807, 2.05) is 54.6 Å². The summed E-state index contributed by atoms with van der Waals surface area (Å²) in [6.07, 6.45) is 0. The number of hydrogen-bond acceptors (Lipinski definition) is 5. The first-order valence-corrected chi connectivity index (χ1v) is 8.94. The van der Waals surface area contributed by atoms with Crippen LogP contribution in [0.3, 0.4) is 0 Å². The first-order valence-electron chi connectivity index (χ1n) is 8.94. The summed E-state index contributed by atoms with van der Waals surface area (Å²) in [5.41, 5.74) is 1.17.